The monoisotopic (exact) mass is 319 g/mol. The van der Waals surface area contributed by atoms with E-state index in [-0.39, 0.29) is 5.41 Å². The van der Waals surface area contributed by atoms with Crippen LogP contribution < -0.4 is 0 Å². The Bertz CT molecular complexity index is 773. The fourth-order valence-electron chi connectivity index (χ4n) is 2.91. The Hall–Kier alpha value is -2.15. The van der Waals surface area contributed by atoms with Crippen molar-refractivity contribution < 1.29 is 0 Å². The molecule has 0 fully saturated rings. The van der Waals surface area contributed by atoms with Gasteiger partial charge in [-0.1, -0.05) is 69.3 Å². The summed E-state index contributed by atoms with van der Waals surface area (Å²) >= 11 is 0. The van der Waals surface area contributed by atoms with Crippen LogP contribution in [0.15, 0.2) is 54.0 Å². The van der Waals surface area contributed by atoms with E-state index in [0.29, 0.717) is 0 Å². The summed E-state index contributed by atoms with van der Waals surface area (Å²) in [5, 5.41) is 0. The molecule has 2 aromatic rings. The van der Waals surface area contributed by atoms with Crippen LogP contribution in [0, 0.1) is 12.3 Å². The molecule has 0 unspecified atom stereocenters. The lowest BCUT2D eigenvalue weighted by molar-refractivity contribution is 0.411. The van der Waals surface area contributed by atoms with Crippen LogP contribution in [0.2, 0.25) is 0 Å². The van der Waals surface area contributed by atoms with Crippen molar-refractivity contribution in [2.24, 2.45) is 10.4 Å². The van der Waals surface area contributed by atoms with Gasteiger partial charge in [0.05, 0.1) is 5.69 Å². The zero-order chi connectivity index (χ0) is 17.9. The molecule has 0 aliphatic rings. The van der Waals surface area contributed by atoms with Crippen molar-refractivity contribution in [1.29, 1.82) is 0 Å². The minimum atomic E-state index is 0.276. The zero-order valence-electron chi connectivity index (χ0n) is 15.9. The van der Waals surface area contributed by atoms with E-state index in [2.05, 4.69) is 83.7 Å². The quantitative estimate of drug-likeness (QED) is 0.552. The van der Waals surface area contributed by atoms with E-state index in [0.717, 1.165) is 29.0 Å². The van der Waals surface area contributed by atoms with Crippen LogP contribution in [0.3, 0.4) is 0 Å². The number of benzene rings is 2. The summed E-state index contributed by atoms with van der Waals surface area (Å²) in [5.41, 5.74) is 8.31. The van der Waals surface area contributed by atoms with Crippen LogP contribution in [0.5, 0.6) is 0 Å². The minimum absolute atomic E-state index is 0.276. The average Bonchev–Trinajstić information content (AvgIpc) is 2.49. The molecule has 0 radical (unpaired) electrons. The Morgan fingerprint density at radius 2 is 1.62 bits per heavy atom. The molecule has 0 heterocycles. The molecule has 2 aromatic carbocycles. The highest BCUT2D eigenvalue weighted by Crippen LogP contribution is 2.27. The Morgan fingerprint density at radius 3 is 2.21 bits per heavy atom. The third-order valence-corrected chi connectivity index (χ3v) is 4.07. The van der Waals surface area contributed by atoms with Gasteiger partial charge in [-0.3, -0.25) is 4.99 Å². The van der Waals surface area contributed by atoms with Crippen LogP contribution in [0.25, 0.3) is 5.57 Å². The fraction of sp³-hybridized carbons (Fsp3) is 0.348. The molecule has 0 amide bonds. The number of aliphatic imine (C=N–C) groups is 1. The van der Waals surface area contributed by atoms with E-state index < -0.39 is 0 Å². The van der Waals surface area contributed by atoms with E-state index in [9.17, 15) is 0 Å². The highest BCUT2D eigenvalue weighted by atomic mass is 14.7. The molecule has 0 aliphatic heterocycles. The predicted molar refractivity (Wildman–Crippen MR) is 107 cm³/mol. The summed E-state index contributed by atoms with van der Waals surface area (Å²) in [4.78, 5) is 4.94. The number of rotatable bonds is 4. The average molecular weight is 319 g/mol. The molecule has 24 heavy (non-hydrogen) atoms. The van der Waals surface area contributed by atoms with Crippen LogP contribution in [0.1, 0.15) is 56.9 Å². The van der Waals surface area contributed by atoms with E-state index in [1.807, 2.05) is 6.92 Å². The molecule has 0 atom stereocenters. The molecule has 0 saturated heterocycles. The number of hydrogen-bond acceptors (Lipinski definition) is 1. The maximum atomic E-state index is 4.94. The van der Waals surface area contributed by atoms with Crippen molar-refractivity contribution in [3.05, 3.63) is 71.3 Å². The van der Waals surface area contributed by atoms with Crippen molar-refractivity contribution in [2.45, 2.75) is 48.0 Å². The van der Waals surface area contributed by atoms with Crippen LogP contribution in [-0.2, 0) is 6.42 Å². The van der Waals surface area contributed by atoms with Crippen molar-refractivity contribution in [3.63, 3.8) is 0 Å². The normalized spacial score (nSPS) is 12.3. The predicted octanol–water partition coefficient (Wildman–Crippen LogP) is 6.76. The first-order chi connectivity index (χ1) is 11.2. The summed E-state index contributed by atoms with van der Waals surface area (Å²) in [6.07, 6.45) is 1.05. The van der Waals surface area contributed by atoms with E-state index >= 15 is 0 Å². The summed E-state index contributed by atoms with van der Waals surface area (Å²) in [6.45, 7) is 17.1. The molecule has 0 bridgehead atoms. The van der Waals surface area contributed by atoms with Crippen LogP contribution in [0.4, 0.5) is 5.69 Å². The lowest BCUT2D eigenvalue weighted by Gasteiger charge is -2.18. The molecule has 0 spiro atoms. The van der Waals surface area contributed by atoms with Gasteiger partial charge in [-0.05, 0) is 55.4 Å². The van der Waals surface area contributed by atoms with Gasteiger partial charge in [0.15, 0.2) is 0 Å². The Balaban J connectivity index is 2.44. The Kier molecular flexibility index (Phi) is 5.43. The van der Waals surface area contributed by atoms with Gasteiger partial charge >= 0.3 is 0 Å². The van der Waals surface area contributed by atoms with E-state index in [1.165, 1.54) is 16.7 Å². The molecule has 2 rings (SSSR count). The number of hydrogen-bond donors (Lipinski definition) is 0. The first kappa shape index (κ1) is 18.2. The number of allylic oxidation sites excluding steroid dienone is 1. The van der Waals surface area contributed by atoms with Gasteiger partial charge in [0.1, 0.15) is 0 Å². The smallest absolute Gasteiger partial charge is 0.0664 e. The summed E-state index contributed by atoms with van der Waals surface area (Å²) in [6, 6.07) is 15.0. The fourth-order valence-corrected chi connectivity index (χ4v) is 2.91. The van der Waals surface area contributed by atoms with Crippen molar-refractivity contribution in [1.82, 2.24) is 0 Å². The molecule has 0 aliphatic carbocycles. The van der Waals surface area contributed by atoms with E-state index in [1.54, 1.807) is 0 Å². The number of aryl methyl sites for hydroxylation is 1. The largest absolute Gasteiger partial charge is 0.253 e. The van der Waals surface area contributed by atoms with Crippen LogP contribution in [-0.4, -0.2) is 5.71 Å². The maximum Gasteiger partial charge on any atom is 0.0664 e. The summed E-state index contributed by atoms with van der Waals surface area (Å²) in [7, 11) is 0. The second-order valence-electron chi connectivity index (χ2n) is 7.88. The SMILES string of the molecule is C=C(C)c1ccccc1/C(C)=N/c1cc(CC(C)(C)C)ccc1C. The van der Waals surface area contributed by atoms with Crippen molar-refractivity contribution in [3.8, 4) is 0 Å². The Morgan fingerprint density at radius 1 is 1.00 bits per heavy atom. The van der Waals surface area contributed by atoms with Crippen molar-refractivity contribution >= 4 is 17.0 Å². The molecular formula is C23H29N. The maximum absolute atomic E-state index is 4.94. The first-order valence-electron chi connectivity index (χ1n) is 8.57. The third-order valence-electron chi connectivity index (χ3n) is 4.07. The van der Waals surface area contributed by atoms with E-state index in [4.69, 9.17) is 4.99 Å². The topological polar surface area (TPSA) is 12.4 Å². The molecule has 0 N–H and O–H groups in total. The van der Waals surface area contributed by atoms with Gasteiger partial charge in [-0.25, -0.2) is 0 Å². The first-order valence-corrected chi connectivity index (χ1v) is 8.57. The second kappa shape index (κ2) is 7.17. The van der Waals surface area contributed by atoms with Crippen LogP contribution >= 0.6 is 0 Å². The van der Waals surface area contributed by atoms with Gasteiger partial charge in [0.2, 0.25) is 0 Å². The van der Waals surface area contributed by atoms with Gasteiger partial charge in [0, 0.05) is 11.3 Å². The van der Waals surface area contributed by atoms with Gasteiger partial charge in [-0.15, -0.1) is 0 Å². The molecular weight excluding hydrogens is 290 g/mol. The lowest BCUT2D eigenvalue weighted by atomic mass is 9.87. The van der Waals surface area contributed by atoms with Gasteiger partial charge < -0.3 is 0 Å². The summed E-state index contributed by atoms with van der Waals surface area (Å²) in [5.74, 6) is 0. The molecule has 0 saturated carbocycles. The molecule has 0 aromatic heterocycles. The second-order valence-corrected chi connectivity index (χ2v) is 7.88. The highest BCUT2D eigenvalue weighted by molar-refractivity contribution is 6.04. The zero-order valence-corrected chi connectivity index (χ0v) is 15.9. The highest BCUT2D eigenvalue weighted by Gasteiger charge is 2.12. The summed E-state index contributed by atoms with van der Waals surface area (Å²) < 4.78 is 0. The standard InChI is InChI=1S/C23H29N/c1-16(2)20-10-8-9-11-21(20)18(4)24-22-14-19(13-12-17(22)3)15-23(5,6)7/h8-14H,1,15H2,2-7H3/b24-18+. The lowest BCUT2D eigenvalue weighted by Crippen LogP contribution is -2.09. The van der Waals surface area contributed by atoms with Gasteiger partial charge in [-0.2, -0.15) is 0 Å². The third kappa shape index (κ3) is 4.67. The molecule has 126 valence electrons. The van der Waals surface area contributed by atoms with Gasteiger partial charge in [0.25, 0.3) is 0 Å². The van der Waals surface area contributed by atoms with Crippen molar-refractivity contribution in [2.75, 3.05) is 0 Å². The Labute approximate surface area is 147 Å². The molecule has 1 nitrogen and oxygen atoms in total. The molecule has 1 heteroatoms. The number of nitrogens with zero attached hydrogens (tertiary/aromatic N) is 1. The minimum Gasteiger partial charge on any atom is -0.253 e.